The number of nitrogens with one attached hydrogen (secondary N) is 1. The molecule has 7 nitrogen and oxygen atoms in total. The van der Waals surface area contributed by atoms with E-state index >= 15 is 0 Å². The minimum Gasteiger partial charge on any atom is -0.497 e. The molecule has 0 aromatic heterocycles. The van der Waals surface area contributed by atoms with Crippen molar-refractivity contribution in [3.8, 4) is 23.3 Å². The van der Waals surface area contributed by atoms with Gasteiger partial charge in [0, 0.05) is 5.69 Å². The molecule has 0 saturated heterocycles. The summed E-state index contributed by atoms with van der Waals surface area (Å²) in [5.41, 5.74) is 1.38. The summed E-state index contributed by atoms with van der Waals surface area (Å²) in [6.45, 7) is 0. The molecule has 160 valence electrons. The van der Waals surface area contributed by atoms with Crippen LogP contribution in [-0.4, -0.2) is 26.1 Å². The molecule has 0 bridgehead atoms. The van der Waals surface area contributed by atoms with Crippen LogP contribution >= 0.6 is 0 Å². The first kappa shape index (κ1) is 22.1. The van der Waals surface area contributed by atoms with Crippen LogP contribution in [0.4, 0.5) is 5.69 Å². The van der Waals surface area contributed by atoms with E-state index in [4.69, 9.17) is 14.2 Å². The van der Waals surface area contributed by atoms with Crippen molar-refractivity contribution in [2.24, 2.45) is 0 Å². The lowest BCUT2D eigenvalue weighted by molar-refractivity contribution is -0.112. The van der Waals surface area contributed by atoms with Gasteiger partial charge >= 0.3 is 5.97 Å². The lowest BCUT2D eigenvalue weighted by Crippen LogP contribution is -2.13. The number of methoxy groups -OCH3 is 2. The summed E-state index contributed by atoms with van der Waals surface area (Å²) in [4.78, 5) is 24.8. The first-order chi connectivity index (χ1) is 15.5. The zero-order valence-electron chi connectivity index (χ0n) is 17.5. The van der Waals surface area contributed by atoms with Crippen molar-refractivity contribution < 1.29 is 23.8 Å². The van der Waals surface area contributed by atoms with Crippen molar-refractivity contribution in [3.63, 3.8) is 0 Å². The van der Waals surface area contributed by atoms with Gasteiger partial charge in [0.25, 0.3) is 5.91 Å². The quantitative estimate of drug-likeness (QED) is 0.258. The summed E-state index contributed by atoms with van der Waals surface area (Å²) in [7, 11) is 2.97. The maximum absolute atomic E-state index is 12.4. The Bertz CT molecular complexity index is 1180. The molecular formula is C25H20N2O5. The lowest BCUT2D eigenvalue weighted by atomic mass is 10.1. The van der Waals surface area contributed by atoms with Gasteiger partial charge in [-0.3, -0.25) is 4.79 Å². The van der Waals surface area contributed by atoms with Crippen molar-refractivity contribution in [2.45, 2.75) is 0 Å². The number of hydrogen-bond acceptors (Lipinski definition) is 6. The molecule has 0 atom stereocenters. The third kappa shape index (κ3) is 5.52. The monoisotopic (exact) mass is 428 g/mol. The predicted octanol–water partition coefficient (Wildman–Crippen LogP) is 4.47. The van der Waals surface area contributed by atoms with Crippen LogP contribution in [0, 0.1) is 11.3 Å². The Morgan fingerprint density at radius 1 is 0.906 bits per heavy atom. The van der Waals surface area contributed by atoms with Gasteiger partial charge in [-0.2, -0.15) is 5.26 Å². The Balaban J connectivity index is 1.78. The number of carbonyl (C=O) groups is 2. The van der Waals surface area contributed by atoms with Gasteiger partial charge in [-0.05, 0) is 60.2 Å². The molecule has 0 unspecified atom stereocenters. The summed E-state index contributed by atoms with van der Waals surface area (Å²) in [5.74, 6) is 0.0147. The molecule has 1 N–H and O–H groups in total. The molecule has 3 rings (SSSR count). The fourth-order valence-electron chi connectivity index (χ4n) is 2.78. The van der Waals surface area contributed by atoms with Crippen molar-refractivity contribution in [3.05, 3.63) is 89.5 Å². The molecule has 0 fully saturated rings. The minimum atomic E-state index is -0.561. The first-order valence-corrected chi connectivity index (χ1v) is 9.56. The molecule has 0 aliphatic heterocycles. The van der Waals surface area contributed by atoms with Gasteiger partial charge in [0.2, 0.25) is 0 Å². The Kier molecular flexibility index (Phi) is 7.23. The van der Waals surface area contributed by atoms with Crippen molar-refractivity contribution in [1.29, 1.82) is 5.26 Å². The highest BCUT2D eigenvalue weighted by atomic mass is 16.6. The molecule has 7 heteroatoms. The van der Waals surface area contributed by atoms with E-state index in [2.05, 4.69) is 5.32 Å². The van der Waals surface area contributed by atoms with E-state index in [1.807, 2.05) is 12.1 Å². The van der Waals surface area contributed by atoms with E-state index in [1.54, 1.807) is 60.7 Å². The van der Waals surface area contributed by atoms with Crippen molar-refractivity contribution in [1.82, 2.24) is 0 Å². The molecule has 0 spiro atoms. The number of nitrogens with zero attached hydrogens (tertiary/aromatic N) is 1. The predicted molar refractivity (Wildman–Crippen MR) is 120 cm³/mol. The third-order valence-electron chi connectivity index (χ3n) is 4.42. The number of ether oxygens (including phenoxy) is 3. The zero-order valence-corrected chi connectivity index (χ0v) is 17.5. The summed E-state index contributed by atoms with van der Waals surface area (Å²) < 4.78 is 15.8. The van der Waals surface area contributed by atoms with Gasteiger partial charge in [0.1, 0.15) is 17.4 Å². The number of para-hydroxylation sites is 1. The van der Waals surface area contributed by atoms with Gasteiger partial charge in [-0.15, -0.1) is 0 Å². The highest BCUT2D eigenvalue weighted by Gasteiger charge is 2.14. The minimum absolute atomic E-state index is 0.0844. The molecule has 0 aliphatic carbocycles. The van der Waals surface area contributed by atoms with E-state index in [9.17, 15) is 14.9 Å². The number of carbonyl (C=O) groups excluding carboxylic acids is 2. The third-order valence-corrected chi connectivity index (χ3v) is 4.42. The smallest absolute Gasteiger partial charge is 0.343 e. The molecule has 0 heterocycles. The van der Waals surface area contributed by atoms with E-state index in [-0.39, 0.29) is 17.1 Å². The van der Waals surface area contributed by atoms with Crippen LogP contribution in [0.15, 0.2) is 78.4 Å². The summed E-state index contributed by atoms with van der Waals surface area (Å²) in [5, 5.41) is 12.1. The topological polar surface area (TPSA) is 97.7 Å². The van der Waals surface area contributed by atoms with Crippen LogP contribution in [-0.2, 0) is 4.79 Å². The fourth-order valence-corrected chi connectivity index (χ4v) is 2.78. The Morgan fingerprint density at radius 3 is 2.25 bits per heavy atom. The van der Waals surface area contributed by atoms with Crippen LogP contribution in [0.5, 0.6) is 17.2 Å². The summed E-state index contributed by atoms with van der Waals surface area (Å²) in [6.07, 6.45) is 1.43. The largest absolute Gasteiger partial charge is 0.497 e. The van der Waals surface area contributed by atoms with E-state index < -0.39 is 11.9 Å². The molecule has 0 saturated carbocycles. The Hall–Kier alpha value is -4.57. The van der Waals surface area contributed by atoms with Gasteiger partial charge in [0.05, 0.1) is 19.8 Å². The van der Waals surface area contributed by atoms with Crippen LogP contribution < -0.4 is 19.5 Å². The normalized spacial score (nSPS) is 10.6. The molecule has 3 aromatic rings. The molecule has 3 aromatic carbocycles. The molecular weight excluding hydrogens is 408 g/mol. The summed E-state index contributed by atoms with van der Waals surface area (Å²) >= 11 is 0. The first-order valence-electron chi connectivity index (χ1n) is 9.56. The standard InChI is InChI=1S/C25H20N2O5/c1-30-21-11-9-18(10-12-21)25(29)32-22-13-8-17(15-23(22)31-2)14-19(16-26)24(28)27-20-6-4-3-5-7-20/h3-15H,1-2H3,(H,27,28)/b19-14+. The number of esters is 1. The maximum atomic E-state index is 12.4. The second-order valence-corrected chi connectivity index (χ2v) is 6.52. The second kappa shape index (κ2) is 10.5. The van der Waals surface area contributed by atoms with Gasteiger partial charge < -0.3 is 19.5 Å². The average Bonchev–Trinajstić information content (AvgIpc) is 2.83. The van der Waals surface area contributed by atoms with Crippen LogP contribution in [0.3, 0.4) is 0 Å². The number of rotatable bonds is 7. The van der Waals surface area contributed by atoms with Gasteiger partial charge in [-0.25, -0.2) is 4.79 Å². The van der Waals surface area contributed by atoms with E-state index in [1.165, 1.54) is 26.4 Å². The van der Waals surface area contributed by atoms with E-state index in [0.29, 0.717) is 22.6 Å². The maximum Gasteiger partial charge on any atom is 0.343 e. The van der Waals surface area contributed by atoms with Crippen molar-refractivity contribution >= 4 is 23.6 Å². The average molecular weight is 428 g/mol. The number of nitriles is 1. The lowest BCUT2D eigenvalue weighted by Gasteiger charge is -2.10. The van der Waals surface area contributed by atoms with Gasteiger partial charge in [0.15, 0.2) is 11.5 Å². The van der Waals surface area contributed by atoms with Gasteiger partial charge in [-0.1, -0.05) is 24.3 Å². The zero-order chi connectivity index (χ0) is 22.9. The number of hydrogen-bond donors (Lipinski definition) is 1. The molecule has 0 radical (unpaired) electrons. The number of amides is 1. The summed E-state index contributed by atoms with van der Waals surface area (Å²) in [6, 6.07) is 22.0. The highest BCUT2D eigenvalue weighted by Crippen LogP contribution is 2.30. The van der Waals surface area contributed by atoms with E-state index in [0.717, 1.165) is 0 Å². The second-order valence-electron chi connectivity index (χ2n) is 6.52. The Labute approximate surface area is 185 Å². The van der Waals surface area contributed by atoms with Crippen LogP contribution in [0.25, 0.3) is 6.08 Å². The number of anilines is 1. The fraction of sp³-hybridized carbons (Fsp3) is 0.0800. The van der Waals surface area contributed by atoms with Crippen molar-refractivity contribution in [2.75, 3.05) is 19.5 Å². The molecule has 0 aliphatic rings. The molecule has 32 heavy (non-hydrogen) atoms. The number of benzene rings is 3. The molecule has 1 amide bonds. The van der Waals surface area contributed by atoms with Crippen LogP contribution in [0.2, 0.25) is 0 Å². The highest BCUT2D eigenvalue weighted by molar-refractivity contribution is 6.09. The SMILES string of the molecule is COc1ccc(C(=O)Oc2ccc(/C=C(\C#N)C(=O)Nc3ccccc3)cc2OC)cc1. The Morgan fingerprint density at radius 2 is 1.62 bits per heavy atom. The van der Waals surface area contributed by atoms with Crippen LogP contribution in [0.1, 0.15) is 15.9 Å².